The first-order valence-corrected chi connectivity index (χ1v) is 8.47. The summed E-state index contributed by atoms with van der Waals surface area (Å²) in [6.07, 6.45) is 0.362. The highest BCUT2D eigenvalue weighted by molar-refractivity contribution is 7.17. The fraction of sp³-hybridized carbons (Fsp3) is 0.357. The number of nitrogens with zero attached hydrogens (tertiary/aromatic N) is 2. The first kappa shape index (κ1) is 14.2. The summed E-state index contributed by atoms with van der Waals surface area (Å²) in [5.74, 6) is -0.0201. The van der Waals surface area contributed by atoms with Crippen LogP contribution in [-0.2, 0) is 4.79 Å². The van der Waals surface area contributed by atoms with Gasteiger partial charge in [-0.15, -0.1) is 11.3 Å². The van der Waals surface area contributed by atoms with Gasteiger partial charge in [-0.25, -0.2) is 4.98 Å². The van der Waals surface area contributed by atoms with Gasteiger partial charge < -0.3 is 10.2 Å². The highest BCUT2D eigenvalue weighted by atomic mass is 32.1. The lowest BCUT2D eigenvalue weighted by Crippen LogP contribution is -2.34. The zero-order chi connectivity index (χ0) is 14.8. The molecule has 0 radical (unpaired) electrons. The molecule has 21 heavy (non-hydrogen) atoms. The summed E-state index contributed by atoms with van der Waals surface area (Å²) in [5.41, 5.74) is 1.81. The molecule has 0 bridgehead atoms. The van der Waals surface area contributed by atoms with Crippen LogP contribution in [0.4, 0.5) is 0 Å². The Kier molecular flexibility index (Phi) is 4.03. The van der Waals surface area contributed by atoms with Crippen LogP contribution in [0, 0.1) is 6.92 Å². The van der Waals surface area contributed by atoms with E-state index < -0.39 is 0 Å². The number of hydrogen-bond donors (Lipinski definition) is 1. The van der Waals surface area contributed by atoms with Gasteiger partial charge in [-0.2, -0.15) is 11.3 Å². The molecule has 3 rings (SSSR count). The van der Waals surface area contributed by atoms with Crippen LogP contribution < -0.4 is 5.32 Å². The number of carbonyl (C=O) groups excluding carboxylic acids is 2. The molecule has 0 unspecified atom stereocenters. The summed E-state index contributed by atoms with van der Waals surface area (Å²) in [7, 11) is 0. The Bertz CT molecular complexity index is 664. The van der Waals surface area contributed by atoms with Gasteiger partial charge in [0.25, 0.3) is 5.91 Å². The predicted molar refractivity (Wildman–Crippen MR) is 83.7 cm³/mol. The second-order valence-electron chi connectivity index (χ2n) is 4.84. The van der Waals surface area contributed by atoms with E-state index in [9.17, 15) is 9.59 Å². The normalized spacial score (nSPS) is 15.7. The second kappa shape index (κ2) is 5.95. The molecule has 0 spiro atoms. The predicted octanol–water partition coefficient (Wildman–Crippen LogP) is 2.14. The molecule has 2 amide bonds. The van der Waals surface area contributed by atoms with Gasteiger partial charge in [0.05, 0.1) is 5.69 Å². The van der Waals surface area contributed by atoms with Crippen molar-refractivity contribution in [3.05, 3.63) is 27.4 Å². The van der Waals surface area contributed by atoms with E-state index in [1.165, 1.54) is 11.3 Å². The van der Waals surface area contributed by atoms with Crippen LogP contribution in [0.2, 0.25) is 0 Å². The third-order valence-corrected chi connectivity index (χ3v) is 5.24. The van der Waals surface area contributed by atoms with E-state index in [1.54, 1.807) is 16.2 Å². The molecule has 3 heterocycles. The van der Waals surface area contributed by atoms with Crippen LogP contribution in [0.25, 0.3) is 10.6 Å². The first-order chi connectivity index (χ1) is 10.1. The standard InChI is InChI=1S/C14H15N3O2S2/c1-9-12(21-13(16-9)10-3-7-20-8-10)14(19)17-5-2-11(18)15-4-6-17/h3,7-8H,2,4-6H2,1H3,(H,15,18). The molecule has 1 saturated heterocycles. The quantitative estimate of drug-likeness (QED) is 0.922. The van der Waals surface area contributed by atoms with E-state index in [0.717, 1.165) is 16.3 Å². The van der Waals surface area contributed by atoms with Crippen molar-refractivity contribution in [2.45, 2.75) is 13.3 Å². The molecule has 0 aliphatic carbocycles. The Hall–Kier alpha value is -1.73. The lowest BCUT2D eigenvalue weighted by Gasteiger charge is -2.18. The number of carbonyl (C=O) groups is 2. The van der Waals surface area contributed by atoms with E-state index in [4.69, 9.17) is 0 Å². The van der Waals surface area contributed by atoms with Crippen molar-refractivity contribution in [2.24, 2.45) is 0 Å². The van der Waals surface area contributed by atoms with Crippen LogP contribution in [-0.4, -0.2) is 41.3 Å². The third kappa shape index (κ3) is 2.98. The Morgan fingerprint density at radius 3 is 3.05 bits per heavy atom. The lowest BCUT2D eigenvalue weighted by atomic mass is 10.3. The Balaban J connectivity index is 1.83. The Labute approximate surface area is 130 Å². The van der Waals surface area contributed by atoms with E-state index in [0.29, 0.717) is 30.9 Å². The molecule has 0 aromatic carbocycles. The molecule has 1 fully saturated rings. The molecule has 0 saturated carbocycles. The van der Waals surface area contributed by atoms with Crippen LogP contribution in [0.15, 0.2) is 16.8 Å². The molecule has 1 aliphatic rings. The van der Waals surface area contributed by atoms with Crippen LogP contribution in [0.5, 0.6) is 0 Å². The van der Waals surface area contributed by atoms with Gasteiger partial charge in [0.1, 0.15) is 9.88 Å². The maximum Gasteiger partial charge on any atom is 0.265 e. The van der Waals surface area contributed by atoms with E-state index >= 15 is 0 Å². The molecular weight excluding hydrogens is 306 g/mol. The number of rotatable bonds is 2. The van der Waals surface area contributed by atoms with Gasteiger partial charge in [0.2, 0.25) is 5.91 Å². The van der Waals surface area contributed by atoms with Gasteiger partial charge in [0.15, 0.2) is 0 Å². The molecule has 5 nitrogen and oxygen atoms in total. The summed E-state index contributed by atoms with van der Waals surface area (Å²) in [6, 6.07) is 2.01. The number of aryl methyl sites for hydroxylation is 1. The maximum absolute atomic E-state index is 12.6. The minimum Gasteiger partial charge on any atom is -0.354 e. The summed E-state index contributed by atoms with van der Waals surface area (Å²) < 4.78 is 0. The van der Waals surface area contributed by atoms with Crippen molar-refractivity contribution in [1.82, 2.24) is 15.2 Å². The van der Waals surface area contributed by atoms with Gasteiger partial charge >= 0.3 is 0 Å². The van der Waals surface area contributed by atoms with Crippen molar-refractivity contribution in [1.29, 1.82) is 0 Å². The van der Waals surface area contributed by atoms with Gasteiger partial charge in [-0.1, -0.05) is 0 Å². The average molecular weight is 321 g/mol. The number of thiazole rings is 1. The lowest BCUT2D eigenvalue weighted by molar-refractivity contribution is -0.120. The first-order valence-electron chi connectivity index (χ1n) is 6.71. The molecule has 7 heteroatoms. The smallest absolute Gasteiger partial charge is 0.265 e. The highest BCUT2D eigenvalue weighted by Crippen LogP contribution is 2.30. The summed E-state index contributed by atoms with van der Waals surface area (Å²) >= 11 is 3.04. The van der Waals surface area contributed by atoms with Crippen molar-refractivity contribution in [3.8, 4) is 10.6 Å². The summed E-state index contributed by atoms with van der Waals surface area (Å²) in [5, 5.41) is 7.68. The Morgan fingerprint density at radius 2 is 2.29 bits per heavy atom. The largest absolute Gasteiger partial charge is 0.354 e. The minimum atomic E-state index is -0.0250. The minimum absolute atomic E-state index is 0.00490. The third-order valence-electron chi connectivity index (χ3n) is 3.36. The molecular formula is C14H15N3O2S2. The molecule has 0 atom stereocenters. The zero-order valence-corrected chi connectivity index (χ0v) is 13.2. The van der Waals surface area contributed by atoms with E-state index in [1.807, 2.05) is 23.8 Å². The topological polar surface area (TPSA) is 62.3 Å². The molecule has 2 aromatic heterocycles. The number of amides is 2. The Morgan fingerprint density at radius 1 is 1.43 bits per heavy atom. The zero-order valence-electron chi connectivity index (χ0n) is 11.6. The maximum atomic E-state index is 12.6. The monoisotopic (exact) mass is 321 g/mol. The van der Waals surface area contributed by atoms with Crippen molar-refractivity contribution in [2.75, 3.05) is 19.6 Å². The number of aromatic nitrogens is 1. The van der Waals surface area contributed by atoms with Gasteiger partial charge in [0, 0.05) is 37.0 Å². The van der Waals surface area contributed by atoms with Crippen molar-refractivity contribution in [3.63, 3.8) is 0 Å². The number of nitrogens with one attached hydrogen (secondary N) is 1. The fourth-order valence-electron chi connectivity index (χ4n) is 2.22. The molecule has 110 valence electrons. The van der Waals surface area contributed by atoms with Crippen molar-refractivity contribution >= 4 is 34.5 Å². The summed E-state index contributed by atoms with van der Waals surface area (Å²) in [4.78, 5) is 30.9. The number of thiophene rings is 1. The number of hydrogen-bond acceptors (Lipinski definition) is 5. The SMILES string of the molecule is Cc1nc(-c2ccsc2)sc1C(=O)N1CCNC(=O)CC1. The summed E-state index contributed by atoms with van der Waals surface area (Å²) in [6.45, 7) is 3.39. The van der Waals surface area contributed by atoms with E-state index in [2.05, 4.69) is 10.3 Å². The fourth-order valence-corrected chi connectivity index (χ4v) is 3.96. The van der Waals surface area contributed by atoms with Gasteiger partial charge in [-0.3, -0.25) is 9.59 Å². The second-order valence-corrected chi connectivity index (χ2v) is 6.62. The van der Waals surface area contributed by atoms with Crippen LogP contribution >= 0.6 is 22.7 Å². The average Bonchev–Trinajstić information content (AvgIpc) is 3.06. The van der Waals surface area contributed by atoms with Gasteiger partial charge in [-0.05, 0) is 18.4 Å². The molecule has 1 N–H and O–H groups in total. The highest BCUT2D eigenvalue weighted by Gasteiger charge is 2.24. The van der Waals surface area contributed by atoms with E-state index in [-0.39, 0.29) is 11.8 Å². The van der Waals surface area contributed by atoms with Crippen LogP contribution in [0.3, 0.4) is 0 Å². The molecule has 1 aliphatic heterocycles. The van der Waals surface area contributed by atoms with Crippen LogP contribution in [0.1, 0.15) is 21.8 Å². The molecule has 2 aromatic rings. The van der Waals surface area contributed by atoms with Crippen molar-refractivity contribution < 1.29 is 9.59 Å².